The van der Waals surface area contributed by atoms with Gasteiger partial charge in [-0.2, -0.15) is 0 Å². The highest BCUT2D eigenvalue weighted by molar-refractivity contribution is 14.0. The van der Waals surface area contributed by atoms with E-state index < -0.39 is 4.92 Å². The number of nitro groups is 1. The summed E-state index contributed by atoms with van der Waals surface area (Å²) in [6, 6.07) is 11.4. The molecular weight excluding hydrogens is 450 g/mol. The summed E-state index contributed by atoms with van der Waals surface area (Å²) in [5.41, 5.74) is 2.00. The highest BCUT2D eigenvalue weighted by Crippen LogP contribution is 2.18. The molecule has 8 heteroatoms. The summed E-state index contributed by atoms with van der Waals surface area (Å²) >= 11 is 0. The first-order valence-corrected chi connectivity index (χ1v) is 7.88. The summed E-state index contributed by atoms with van der Waals surface area (Å²) < 4.78 is 13.7. The summed E-state index contributed by atoms with van der Waals surface area (Å²) in [6.45, 7) is 3.86. The van der Waals surface area contributed by atoms with E-state index in [1.807, 2.05) is 13.0 Å². The van der Waals surface area contributed by atoms with Crippen LogP contribution < -0.4 is 10.6 Å². The molecule has 1 atom stereocenters. The number of benzene rings is 2. The number of aryl methyl sites for hydroxylation is 1. The number of nitrogens with zero attached hydrogens (tertiary/aromatic N) is 2. The fraction of sp³-hybridized carbons (Fsp3) is 0.278. The van der Waals surface area contributed by atoms with Gasteiger partial charge in [-0.3, -0.25) is 15.1 Å². The maximum absolute atomic E-state index is 13.7. The lowest BCUT2D eigenvalue weighted by Crippen LogP contribution is -2.38. The van der Waals surface area contributed by atoms with Gasteiger partial charge in [0.15, 0.2) is 5.96 Å². The lowest BCUT2D eigenvalue weighted by molar-refractivity contribution is -0.385. The number of hydrogen-bond acceptors (Lipinski definition) is 3. The van der Waals surface area contributed by atoms with Crippen molar-refractivity contribution in [2.75, 3.05) is 7.05 Å². The maximum atomic E-state index is 13.7. The third kappa shape index (κ3) is 5.65. The van der Waals surface area contributed by atoms with Crippen LogP contribution in [0.15, 0.2) is 47.5 Å². The van der Waals surface area contributed by atoms with E-state index in [2.05, 4.69) is 15.6 Å². The van der Waals surface area contributed by atoms with E-state index >= 15 is 0 Å². The third-order valence-electron chi connectivity index (χ3n) is 3.91. The standard InChI is InChI=1S/C18H21FN4O2.HI/c1-12-8-9-14(10-16(12)19)13(2)22-18(20-3)21-11-15-6-4-5-7-17(15)23(24)25;/h4-10,13H,11H2,1-3H3,(H2,20,21,22);1H. The average Bonchev–Trinajstić information content (AvgIpc) is 2.60. The minimum absolute atomic E-state index is 0. The Balaban J connectivity index is 0.00000338. The zero-order valence-corrected chi connectivity index (χ0v) is 17.2. The predicted octanol–water partition coefficient (Wildman–Crippen LogP) is 4.09. The van der Waals surface area contributed by atoms with E-state index in [1.54, 1.807) is 38.2 Å². The van der Waals surface area contributed by atoms with Gasteiger partial charge in [-0.15, -0.1) is 24.0 Å². The largest absolute Gasteiger partial charge is 0.352 e. The second-order valence-corrected chi connectivity index (χ2v) is 5.69. The van der Waals surface area contributed by atoms with Gasteiger partial charge in [0.05, 0.1) is 11.0 Å². The van der Waals surface area contributed by atoms with E-state index in [0.717, 1.165) is 5.56 Å². The predicted molar refractivity (Wildman–Crippen MR) is 111 cm³/mol. The second-order valence-electron chi connectivity index (χ2n) is 5.69. The molecule has 2 rings (SSSR count). The molecular formula is C18H22FIN4O2. The van der Waals surface area contributed by atoms with Crippen molar-refractivity contribution < 1.29 is 9.31 Å². The Morgan fingerprint density at radius 3 is 2.62 bits per heavy atom. The second kappa shape index (κ2) is 10.0. The summed E-state index contributed by atoms with van der Waals surface area (Å²) in [6.07, 6.45) is 0. The van der Waals surface area contributed by atoms with Crippen LogP contribution in [0.2, 0.25) is 0 Å². The smallest absolute Gasteiger partial charge is 0.274 e. The van der Waals surface area contributed by atoms with Gasteiger partial charge in [0, 0.05) is 25.2 Å². The molecule has 0 aromatic heterocycles. The van der Waals surface area contributed by atoms with Crippen LogP contribution in [0.3, 0.4) is 0 Å². The van der Waals surface area contributed by atoms with Crippen LogP contribution in [0.5, 0.6) is 0 Å². The zero-order valence-electron chi connectivity index (χ0n) is 14.8. The Kier molecular flexibility index (Phi) is 8.43. The minimum Gasteiger partial charge on any atom is -0.352 e. The number of aliphatic imine (C=N–C) groups is 1. The number of nitrogens with one attached hydrogen (secondary N) is 2. The first-order valence-electron chi connectivity index (χ1n) is 7.88. The molecule has 0 radical (unpaired) electrons. The van der Waals surface area contributed by atoms with Crippen molar-refractivity contribution in [2.24, 2.45) is 4.99 Å². The van der Waals surface area contributed by atoms with Gasteiger partial charge < -0.3 is 10.6 Å². The Morgan fingerprint density at radius 2 is 2.00 bits per heavy atom. The molecule has 0 saturated heterocycles. The quantitative estimate of drug-likeness (QED) is 0.226. The lowest BCUT2D eigenvalue weighted by atomic mass is 10.1. The molecule has 1 unspecified atom stereocenters. The van der Waals surface area contributed by atoms with Crippen molar-refractivity contribution in [2.45, 2.75) is 26.4 Å². The molecule has 140 valence electrons. The fourth-order valence-corrected chi connectivity index (χ4v) is 2.38. The molecule has 2 aromatic carbocycles. The first-order chi connectivity index (χ1) is 11.9. The van der Waals surface area contributed by atoms with E-state index in [9.17, 15) is 14.5 Å². The first kappa shape index (κ1) is 21.8. The average molecular weight is 472 g/mol. The van der Waals surface area contributed by atoms with Gasteiger partial charge in [-0.05, 0) is 31.0 Å². The molecule has 0 aliphatic heterocycles. The van der Waals surface area contributed by atoms with E-state index in [-0.39, 0.29) is 48.1 Å². The molecule has 0 saturated carbocycles. The van der Waals surface area contributed by atoms with E-state index in [1.165, 1.54) is 12.1 Å². The Labute approximate surface area is 169 Å². The summed E-state index contributed by atoms with van der Waals surface area (Å²) in [5, 5.41) is 17.3. The van der Waals surface area contributed by atoms with Crippen LogP contribution in [0.4, 0.5) is 10.1 Å². The third-order valence-corrected chi connectivity index (χ3v) is 3.91. The van der Waals surface area contributed by atoms with Gasteiger partial charge >= 0.3 is 0 Å². The molecule has 26 heavy (non-hydrogen) atoms. The molecule has 0 aliphatic carbocycles. The number of halogens is 2. The molecule has 2 aromatic rings. The lowest BCUT2D eigenvalue weighted by Gasteiger charge is -2.18. The van der Waals surface area contributed by atoms with E-state index in [0.29, 0.717) is 17.1 Å². The SMILES string of the molecule is CN=C(NCc1ccccc1[N+](=O)[O-])NC(C)c1ccc(C)c(F)c1.I. The normalized spacial score (nSPS) is 12.1. The molecule has 0 fully saturated rings. The van der Waals surface area contributed by atoms with Crippen LogP contribution in [0.1, 0.15) is 29.7 Å². The number of para-hydroxylation sites is 1. The van der Waals surface area contributed by atoms with Gasteiger partial charge in [0.25, 0.3) is 5.69 Å². The van der Waals surface area contributed by atoms with Crippen LogP contribution in [0, 0.1) is 22.9 Å². The van der Waals surface area contributed by atoms with Gasteiger partial charge in [-0.25, -0.2) is 4.39 Å². The van der Waals surface area contributed by atoms with Crippen molar-refractivity contribution in [3.63, 3.8) is 0 Å². The summed E-state index contributed by atoms with van der Waals surface area (Å²) in [4.78, 5) is 14.8. The molecule has 0 aliphatic rings. The van der Waals surface area contributed by atoms with Crippen LogP contribution in [-0.2, 0) is 6.54 Å². The van der Waals surface area contributed by atoms with Crippen LogP contribution >= 0.6 is 24.0 Å². The monoisotopic (exact) mass is 472 g/mol. The Morgan fingerprint density at radius 1 is 1.31 bits per heavy atom. The number of guanidine groups is 1. The van der Waals surface area contributed by atoms with Crippen LogP contribution in [0.25, 0.3) is 0 Å². The molecule has 0 amide bonds. The van der Waals surface area contributed by atoms with Crippen molar-refractivity contribution in [1.82, 2.24) is 10.6 Å². The fourth-order valence-electron chi connectivity index (χ4n) is 2.38. The highest BCUT2D eigenvalue weighted by atomic mass is 127. The molecule has 0 heterocycles. The number of hydrogen-bond donors (Lipinski definition) is 2. The summed E-state index contributed by atoms with van der Waals surface area (Å²) in [7, 11) is 1.61. The number of nitro benzene ring substituents is 1. The summed E-state index contributed by atoms with van der Waals surface area (Å²) in [5.74, 6) is 0.223. The molecule has 0 bridgehead atoms. The maximum Gasteiger partial charge on any atom is 0.274 e. The van der Waals surface area contributed by atoms with Gasteiger partial charge in [0.2, 0.25) is 0 Å². The van der Waals surface area contributed by atoms with Crippen molar-refractivity contribution >= 4 is 35.6 Å². The van der Waals surface area contributed by atoms with Crippen LogP contribution in [-0.4, -0.2) is 17.9 Å². The highest BCUT2D eigenvalue weighted by Gasteiger charge is 2.14. The molecule has 2 N–H and O–H groups in total. The van der Waals surface area contributed by atoms with Crippen molar-refractivity contribution in [3.05, 3.63) is 75.1 Å². The molecule has 0 spiro atoms. The van der Waals surface area contributed by atoms with Crippen molar-refractivity contribution in [1.29, 1.82) is 0 Å². The zero-order chi connectivity index (χ0) is 18.4. The minimum atomic E-state index is -0.412. The van der Waals surface area contributed by atoms with E-state index in [4.69, 9.17) is 0 Å². The topological polar surface area (TPSA) is 79.6 Å². The molecule has 6 nitrogen and oxygen atoms in total. The Bertz CT molecular complexity index is 799. The van der Waals surface area contributed by atoms with Gasteiger partial charge in [0.1, 0.15) is 5.82 Å². The Hall–Kier alpha value is -2.23. The van der Waals surface area contributed by atoms with Crippen molar-refractivity contribution in [3.8, 4) is 0 Å². The van der Waals surface area contributed by atoms with Gasteiger partial charge in [-0.1, -0.05) is 30.3 Å². The number of rotatable bonds is 5.